The molecule has 3 aromatic rings. The van der Waals surface area contributed by atoms with Crippen molar-refractivity contribution in [3.8, 4) is 0 Å². The van der Waals surface area contributed by atoms with E-state index in [1.807, 2.05) is 19.1 Å². The van der Waals surface area contributed by atoms with E-state index in [9.17, 15) is 8.42 Å². The van der Waals surface area contributed by atoms with Gasteiger partial charge < -0.3 is 0 Å². The van der Waals surface area contributed by atoms with E-state index in [4.69, 9.17) is 0 Å². The molecule has 5 rings (SSSR count). The molecular formula is C22H21NO2S2. The van der Waals surface area contributed by atoms with Gasteiger partial charge in [-0.25, -0.2) is 8.42 Å². The maximum Gasteiger partial charge on any atom is 0.244 e. The van der Waals surface area contributed by atoms with Crippen molar-refractivity contribution in [2.24, 2.45) is 0 Å². The lowest BCUT2D eigenvalue weighted by Crippen LogP contribution is -2.30. The molecule has 3 aromatic carbocycles. The van der Waals surface area contributed by atoms with Gasteiger partial charge in [0.1, 0.15) is 0 Å². The molecular weight excluding hydrogens is 374 g/mol. The largest absolute Gasteiger partial charge is 0.244 e. The average Bonchev–Trinajstić information content (AvgIpc) is 3.31. The van der Waals surface area contributed by atoms with Crippen molar-refractivity contribution in [1.29, 1.82) is 0 Å². The van der Waals surface area contributed by atoms with Gasteiger partial charge in [0.25, 0.3) is 0 Å². The Morgan fingerprint density at radius 3 is 2.59 bits per heavy atom. The zero-order valence-electron chi connectivity index (χ0n) is 15.2. The summed E-state index contributed by atoms with van der Waals surface area (Å²) in [6.07, 6.45) is 2.17. The fourth-order valence-corrected chi connectivity index (χ4v) is 7.72. The van der Waals surface area contributed by atoms with Gasteiger partial charge in [0, 0.05) is 12.3 Å². The second-order valence-electron chi connectivity index (χ2n) is 7.31. The standard InChI is InChI=1S/C22H21NO2S2/c1-15-4-2-6-18(14-15)27(24,25)23-12-13-26-22(23)20-11-10-17-9-8-16-5-3-7-19(20)21(16)17/h2-7,10-11,14,22H,8-9,12-13H2,1H3/t22-/m1/s1. The molecule has 0 N–H and O–H groups in total. The summed E-state index contributed by atoms with van der Waals surface area (Å²) in [5.74, 6) is 0.818. The zero-order chi connectivity index (χ0) is 18.6. The molecule has 0 amide bonds. The van der Waals surface area contributed by atoms with Crippen molar-refractivity contribution in [1.82, 2.24) is 4.31 Å². The van der Waals surface area contributed by atoms with Crippen LogP contribution in [0.1, 0.15) is 27.6 Å². The van der Waals surface area contributed by atoms with Crippen LogP contribution in [-0.2, 0) is 22.9 Å². The van der Waals surface area contributed by atoms with E-state index in [0.717, 1.165) is 29.7 Å². The molecule has 2 aliphatic rings. The van der Waals surface area contributed by atoms with Crippen LogP contribution in [0.3, 0.4) is 0 Å². The highest BCUT2D eigenvalue weighted by Gasteiger charge is 2.38. The SMILES string of the molecule is Cc1cccc(S(=O)(=O)N2CCS[C@@H]2c2ccc3c4c(cccc24)CC3)c1. The number of sulfonamides is 1. The predicted molar refractivity (Wildman–Crippen MR) is 112 cm³/mol. The van der Waals surface area contributed by atoms with E-state index >= 15 is 0 Å². The second-order valence-corrected chi connectivity index (χ2v) is 10.4. The smallest absolute Gasteiger partial charge is 0.207 e. The van der Waals surface area contributed by atoms with Crippen LogP contribution in [0.4, 0.5) is 0 Å². The second kappa shape index (κ2) is 6.36. The number of hydrogen-bond donors (Lipinski definition) is 0. The third kappa shape index (κ3) is 2.72. The lowest BCUT2D eigenvalue weighted by atomic mass is 10.00. The van der Waals surface area contributed by atoms with Gasteiger partial charge in [0.2, 0.25) is 10.0 Å². The maximum absolute atomic E-state index is 13.4. The van der Waals surface area contributed by atoms with Crippen molar-refractivity contribution in [2.75, 3.05) is 12.3 Å². The molecule has 0 saturated carbocycles. The van der Waals surface area contributed by atoms with Gasteiger partial charge in [0.05, 0.1) is 10.3 Å². The van der Waals surface area contributed by atoms with E-state index in [2.05, 4.69) is 30.3 Å². The molecule has 0 unspecified atom stereocenters. The van der Waals surface area contributed by atoms with E-state index in [1.165, 1.54) is 21.9 Å². The van der Waals surface area contributed by atoms with Crippen LogP contribution in [0.15, 0.2) is 59.5 Å². The van der Waals surface area contributed by atoms with Crippen LogP contribution >= 0.6 is 11.8 Å². The lowest BCUT2D eigenvalue weighted by molar-refractivity contribution is 0.435. The molecule has 1 heterocycles. The molecule has 27 heavy (non-hydrogen) atoms. The van der Waals surface area contributed by atoms with Crippen LogP contribution in [0.5, 0.6) is 0 Å². The summed E-state index contributed by atoms with van der Waals surface area (Å²) in [5.41, 5.74) is 4.86. The first-order valence-electron chi connectivity index (χ1n) is 9.29. The van der Waals surface area contributed by atoms with E-state index in [1.54, 1.807) is 28.2 Å². The van der Waals surface area contributed by atoms with Crippen LogP contribution in [0, 0.1) is 6.92 Å². The molecule has 1 saturated heterocycles. The van der Waals surface area contributed by atoms with Gasteiger partial charge in [-0.05, 0) is 64.9 Å². The first-order chi connectivity index (χ1) is 13.1. The topological polar surface area (TPSA) is 37.4 Å². The Morgan fingerprint density at radius 1 is 1.00 bits per heavy atom. The Hall–Kier alpha value is -1.82. The molecule has 0 radical (unpaired) electrons. The summed E-state index contributed by atoms with van der Waals surface area (Å²) in [6, 6.07) is 18.0. The summed E-state index contributed by atoms with van der Waals surface area (Å²) in [4.78, 5) is 0.390. The van der Waals surface area contributed by atoms with Crippen LogP contribution in [-0.4, -0.2) is 25.0 Å². The summed E-state index contributed by atoms with van der Waals surface area (Å²) < 4.78 is 28.4. The lowest BCUT2D eigenvalue weighted by Gasteiger charge is -2.25. The molecule has 1 aliphatic carbocycles. The fourth-order valence-electron chi connectivity index (χ4n) is 4.34. The van der Waals surface area contributed by atoms with Crippen molar-refractivity contribution in [3.63, 3.8) is 0 Å². The summed E-state index contributed by atoms with van der Waals surface area (Å²) in [7, 11) is -3.52. The third-order valence-electron chi connectivity index (χ3n) is 5.62. The monoisotopic (exact) mass is 395 g/mol. The van der Waals surface area contributed by atoms with Gasteiger partial charge in [-0.1, -0.05) is 42.5 Å². The quantitative estimate of drug-likeness (QED) is 0.646. The van der Waals surface area contributed by atoms with E-state index in [0.29, 0.717) is 11.4 Å². The minimum atomic E-state index is -3.52. The van der Waals surface area contributed by atoms with Gasteiger partial charge in [0.15, 0.2) is 0 Å². The fraction of sp³-hybridized carbons (Fsp3) is 0.273. The highest BCUT2D eigenvalue weighted by Crippen LogP contribution is 2.45. The number of nitrogens with zero attached hydrogens (tertiary/aromatic N) is 1. The molecule has 0 spiro atoms. The van der Waals surface area contributed by atoms with E-state index in [-0.39, 0.29) is 5.37 Å². The average molecular weight is 396 g/mol. The van der Waals surface area contributed by atoms with Gasteiger partial charge in [-0.15, -0.1) is 11.8 Å². The molecule has 1 atom stereocenters. The normalized spacial score (nSPS) is 19.8. The molecule has 1 aliphatic heterocycles. The van der Waals surface area contributed by atoms with E-state index < -0.39 is 10.0 Å². The van der Waals surface area contributed by atoms with Gasteiger partial charge in [-0.2, -0.15) is 4.31 Å². The number of thioether (sulfide) groups is 1. The molecule has 1 fully saturated rings. The minimum absolute atomic E-state index is 0.166. The Balaban J connectivity index is 1.63. The van der Waals surface area contributed by atoms with Gasteiger partial charge >= 0.3 is 0 Å². The molecule has 5 heteroatoms. The van der Waals surface area contributed by atoms with Gasteiger partial charge in [-0.3, -0.25) is 0 Å². The molecule has 0 aromatic heterocycles. The number of benzene rings is 3. The molecule has 3 nitrogen and oxygen atoms in total. The summed E-state index contributed by atoms with van der Waals surface area (Å²) in [6.45, 7) is 2.48. The summed E-state index contributed by atoms with van der Waals surface area (Å²) >= 11 is 1.72. The Bertz CT molecular complexity index is 1140. The predicted octanol–water partition coefficient (Wildman–Crippen LogP) is 4.68. The third-order valence-corrected chi connectivity index (χ3v) is 8.86. The Labute approximate surface area is 164 Å². The first kappa shape index (κ1) is 17.3. The minimum Gasteiger partial charge on any atom is -0.207 e. The molecule has 0 bridgehead atoms. The number of rotatable bonds is 3. The number of hydrogen-bond acceptors (Lipinski definition) is 3. The summed E-state index contributed by atoms with van der Waals surface area (Å²) in [5, 5.41) is 2.39. The maximum atomic E-state index is 13.4. The molecule has 138 valence electrons. The van der Waals surface area contributed by atoms with Crippen LogP contribution < -0.4 is 0 Å². The van der Waals surface area contributed by atoms with Crippen LogP contribution in [0.2, 0.25) is 0 Å². The Morgan fingerprint density at radius 2 is 1.78 bits per heavy atom. The highest BCUT2D eigenvalue weighted by atomic mass is 32.2. The van der Waals surface area contributed by atoms with Crippen molar-refractivity contribution in [2.45, 2.75) is 30.0 Å². The van der Waals surface area contributed by atoms with Crippen LogP contribution in [0.25, 0.3) is 10.8 Å². The first-order valence-corrected chi connectivity index (χ1v) is 11.8. The number of aryl methyl sites for hydroxylation is 3. The Kier molecular flexibility index (Phi) is 4.08. The highest BCUT2D eigenvalue weighted by molar-refractivity contribution is 8.01. The van der Waals surface area contributed by atoms with Crippen molar-refractivity contribution < 1.29 is 8.42 Å². The van der Waals surface area contributed by atoms with Crippen molar-refractivity contribution >= 4 is 32.6 Å². The van der Waals surface area contributed by atoms with Crippen molar-refractivity contribution in [3.05, 3.63) is 76.9 Å². The zero-order valence-corrected chi connectivity index (χ0v) is 16.8.